The number of hydrogen-bond donors (Lipinski definition) is 1. The predicted molar refractivity (Wildman–Crippen MR) is 108 cm³/mol. The number of aryl methyl sites for hydroxylation is 1. The van der Waals surface area contributed by atoms with Crippen LogP contribution in [0.5, 0.6) is 11.5 Å². The molecule has 0 amide bonds. The maximum absolute atomic E-state index is 12.8. The number of sulfonamides is 1. The fraction of sp³-hybridized carbons (Fsp3) is 0.211. The van der Waals surface area contributed by atoms with Crippen molar-refractivity contribution in [3.05, 3.63) is 64.8 Å². The van der Waals surface area contributed by atoms with E-state index >= 15 is 0 Å². The molecule has 28 heavy (non-hydrogen) atoms. The van der Waals surface area contributed by atoms with Crippen LogP contribution < -0.4 is 14.2 Å². The summed E-state index contributed by atoms with van der Waals surface area (Å²) in [6.45, 7) is 2.35. The molecule has 0 saturated carbocycles. The number of aromatic nitrogens is 2. The topological polar surface area (TPSA) is 82.5 Å². The van der Waals surface area contributed by atoms with Gasteiger partial charge in [-0.2, -0.15) is 5.10 Å². The molecule has 3 rings (SSSR count). The first-order valence-electron chi connectivity index (χ1n) is 8.36. The zero-order valence-corrected chi connectivity index (χ0v) is 17.2. The molecular weight excluding hydrogens is 402 g/mol. The Bertz CT molecular complexity index is 1080. The van der Waals surface area contributed by atoms with Crippen molar-refractivity contribution in [3.63, 3.8) is 0 Å². The van der Waals surface area contributed by atoms with Crippen molar-refractivity contribution in [3.8, 4) is 11.5 Å². The van der Waals surface area contributed by atoms with E-state index < -0.39 is 10.0 Å². The number of nitrogens with one attached hydrogen (secondary N) is 1. The van der Waals surface area contributed by atoms with E-state index in [1.54, 1.807) is 28.9 Å². The van der Waals surface area contributed by atoms with E-state index in [9.17, 15) is 8.42 Å². The van der Waals surface area contributed by atoms with Crippen LogP contribution in [0.15, 0.2) is 53.4 Å². The average molecular weight is 422 g/mol. The van der Waals surface area contributed by atoms with Crippen LogP contribution in [-0.4, -0.2) is 32.4 Å². The van der Waals surface area contributed by atoms with Crippen molar-refractivity contribution in [2.75, 3.05) is 18.9 Å². The van der Waals surface area contributed by atoms with Gasteiger partial charge in [0, 0.05) is 22.8 Å². The highest BCUT2D eigenvalue weighted by atomic mass is 35.5. The van der Waals surface area contributed by atoms with E-state index in [0.717, 1.165) is 11.3 Å². The summed E-state index contributed by atoms with van der Waals surface area (Å²) in [5.74, 6) is 0.910. The molecule has 0 atom stereocenters. The molecule has 0 spiro atoms. The van der Waals surface area contributed by atoms with E-state index in [-0.39, 0.29) is 16.5 Å². The van der Waals surface area contributed by atoms with Crippen molar-refractivity contribution >= 4 is 27.4 Å². The summed E-state index contributed by atoms with van der Waals surface area (Å²) in [6.07, 6.45) is 0. The van der Waals surface area contributed by atoms with Gasteiger partial charge >= 0.3 is 0 Å². The summed E-state index contributed by atoms with van der Waals surface area (Å²) in [7, 11) is -0.988. The second-order valence-corrected chi connectivity index (χ2v) is 8.16. The highest BCUT2D eigenvalue weighted by Crippen LogP contribution is 2.29. The molecule has 0 aliphatic heterocycles. The molecule has 0 aliphatic rings. The van der Waals surface area contributed by atoms with E-state index in [2.05, 4.69) is 9.82 Å². The lowest BCUT2D eigenvalue weighted by Gasteiger charge is -2.11. The minimum atomic E-state index is -3.89. The second-order valence-electron chi connectivity index (χ2n) is 6.08. The molecule has 1 N–H and O–H groups in total. The molecule has 9 heteroatoms. The number of rotatable bonds is 7. The minimum absolute atomic E-state index is 0.000652. The highest BCUT2D eigenvalue weighted by molar-refractivity contribution is 7.92. The molecule has 3 aromatic rings. The molecule has 0 unspecified atom stereocenters. The van der Waals surface area contributed by atoms with Crippen LogP contribution in [0.3, 0.4) is 0 Å². The van der Waals surface area contributed by atoms with Gasteiger partial charge < -0.3 is 9.47 Å². The van der Waals surface area contributed by atoms with Gasteiger partial charge in [-0.3, -0.25) is 9.40 Å². The van der Waals surface area contributed by atoms with E-state index in [1.807, 2.05) is 19.1 Å². The van der Waals surface area contributed by atoms with Gasteiger partial charge in [0.1, 0.15) is 16.4 Å². The van der Waals surface area contributed by atoms with E-state index in [0.29, 0.717) is 17.3 Å². The van der Waals surface area contributed by atoms with Gasteiger partial charge in [-0.15, -0.1) is 0 Å². The first kappa shape index (κ1) is 20.0. The summed E-state index contributed by atoms with van der Waals surface area (Å²) >= 11 is 5.91. The first-order chi connectivity index (χ1) is 13.3. The number of anilines is 1. The van der Waals surface area contributed by atoms with Crippen LogP contribution in [0.1, 0.15) is 11.3 Å². The SMILES string of the molecule is COc1ccc(S(=O)(=O)Nc2cc(C)n(Cc3ccc(Cl)cc3)n2)c(OC)c1. The third-order valence-electron chi connectivity index (χ3n) is 4.13. The van der Waals surface area contributed by atoms with Crippen LogP contribution >= 0.6 is 11.6 Å². The quantitative estimate of drug-likeness (QED) is 0.628. The molecule has 0 saturated heterocycles. The normalized spacial score (nSPS) is 11.3. The van der Waals surface area contributed by atoms with Crippen molar-refractivity contribution in [1.82, 2.24) is 9.78 Å². The third kappa shape index (κ3) is 4.40. The summed E-state index contributed by atoms with van der Waals surface area (Å²) in [6, 6.07) is 13.6. The lowest BCUT2D eigenvalue weighted by Crippen LogP contribution is -2.15. The number of methoxy groups -OCH3 is 2. The molecule has 148 valence electrons. The fourth-order valence-corrected chi connectivity index (χ4v) is 3.94. The van der Waals surface area contributed by atoms with Crippen LogP contribution in [0, 0.1) is 6.92 Å². The Morgan fingerprint density at radius 3 is 2.43 bits per heavy atom. The molecule has 7 nitrogen and oxygen atoms in total. The lowest BCUT2D eigenvalue weighted by molar-refractivity contribution is 0.386. The second kappa shape index (κ2) is 8.12. The van der Waals surface area contributed by atoms with Crippen LogP contribution in [-0.2, 0) is 16.6 Å². The third-order valence-corrected chi connectivity index (χ3v) is 5.77. The molecule has 0 radical (unpaired) electrons. The van der Waals surface area contributed by atoms with Crippen LogP contribution in [0.2, 0.25) is 5.02 Å². The Hall–Kier alpha value is -2.71. The van der Waals surface area contributed by atoms with Gasteiger partial charge in [0.2, 0.25) is 0 Å². The number of benzene rings is 2. The van der Waals surface area contributed by atoms with Crippen molar-refractivity contribution in [2.45, 2.75) is 18.4 Å². The molecule has 2 aromatic carbocycles. The molecule has 1 heterocycles. The Morgan fingerprint density at radius 2 is 1.79 bits per heavy atom. The van der Waals surface area contributed by atoms with Crippen LogP contribution in [0.4, 0.5) is 5.82 Å². The van der Waals surface area contributed by atoms with Gasteiger partial charge in [0.15, 0.2) is 5.82 Å². The highest BCUT2D eigenvalue weighted by Gasteiger charge is 2.22. The number of nitrogens with zero attached hydrogens (tertiary/aromatic N) is 2. The zero-order valence-electron chi connectivity index (χ0n) is 15.6. The van der Waals surface area contributed by atoms with Crippen molar-refractivity contribution in [2.24, 2.45) is 0 Å². The Morgan fingerprint density at radius 1 is 1.07 bits per heavy atom. The molecule has 0 fully saturated rings. The smallest absolute Gasteiger partial charge is 0.266 e. The molecule has 0 bridgehead atoms. The average Bonchev–Trinajstić information content (AvgIpc) is 3.01. The monoisotopic (exact) mass is 421 g/mol. The largest absolute Gasteiger partial charge is 0.497 e. The molecule has 0 aliphatic carbocycles. The first-order valence-corrected chi connectivity index (χ1v) is 10.2. The maximum atomic E-state index is 12.8. The molecular formula is C19H20ClN3O4S. The number of halogens is 1. The zero-order chi connectivity index (χ0) is 20.3. The maximum Gasteiger partial charge on any atom is 0.266 e. The molecule has 1 aromatic heterocycles. The van der Waals surface area contributed by atoms with Gasteiger partial charge in [-0.25, -0.2) is 8.42 Å². The van der Waals surface area contributed by atoms with Gasteiger partial charge in [0.05, 0.1) is 20.8 Å². The lowest BCUT2D eigenvalue weighted by atomic mass is 10.2. The summed E-state index contributed by atoms with van der Waals surface area (Å²) in [5, 5.41) is 5.01. The fourth-order valence-electron chi connectivity index (χ4n) is 2.67. The van der Waals surface area contributed by atoms with E-state index in [1.165, 1.54) is 26.4 Å². The Balaban J connectivity index is 1.84. The van der Waals surface area contributed by atoms with Gasteiger partial charge in [-0.05, 0) is 36.8 Å². The summed E-state index contributed by atoms with van der Waals surface area (Å²) in [5.41, 5.74) is 1.82. The minimum Gasteiger partial charge on any atom is -0.497 e. The predicted octanol–water partition coefficient (Wildman–Crippen LogP) is 3.71. The van der Waals surface area contributed by atoms with Gasteiger partial charge in [-0.1, -0.05) is 23.7 Å². The number of hydrogen-bond acceptors (Lipinski definition) is 5. The summed E-state index contributed by atoms with van der Waals surface area (Å²) in [4.78, 5) is 0.000652. The van der Waals surface area contributed by atoms with Crippen molar-refractivity contribution in [1.29, 1.82) is 0 Å². The van der Waals surface area contributed by atoms with Crippen LogP contribution in [0.25, 0.3) is 0 Å². The van der Waals surface area contributed by atoms with Crippen molar-refractivity contribution < 1.29 is 17.9 Å². The number of ether oxygens (including phenoxy) is 2. The van der Waals surface area contributed by atoms with Gasteiger partial charge in [0.25, 0.3) is 10.0 Å². The van der Waals surface area contributed by atoms with E-state index in [4.69, 9.17) is 21.1 Å². The Labute approximate surface area is 168 Å². The standard InChI is InChI=1S/C19H20ClN3O4S/c1-13-10-19(21-23(13)12-14-4-6-15(20)7-5-14)22-28(24,25)18-9-8-16(26-2)11-17(18)27-3/h4-11H,12H2,1-3H3,(H,21,22). The Kier molecular flexibility index (Phi) is 5.81. The summed E-state index contributed by atoms with van der Waals surface area (Å²) < 4.78 is 40.1.